The molecule has 23 heavy (non-hydrogen) atoms. The van der Waals surface area contributed by atoms with Crippen molar-refractivity contribution in [2.45, 2.75) is 30.8 Å². The summed E-state index contributed by atoms with van der Waals surface area (Å²) in [4.78, 5) is 16.6. The first-order valence-corrected chi connectivity index (χ1v) is 8.28. The van der Waals surface area contributed by atoms with Gasteiger partial charge in [-0.25, -0.2) is 8.78 Å². The summed E-state index contributed by atoms with van der Waals surface area (Å²) in [5.41, 5.74) is 6.23. The molecule has 4 aliphatic rings. The molecule has 1 amide bonds. The quantitative estimate of drug-likeness (QED) is 0.894. The summed E-state index contributed by atoms with van der Waals surface area (Å²) in [7, 11) is 0. The molecule has 4 saturated heterocycles. The Morgan fingerprint density at radius 2 is 1.78 bits per heavy atom. The fourth-order valence-corrected chi connectivity index (χ4v) is 4.90. The van der Waals surface area contributed by atoms with Gasteiger partial charge in [-0.3, -0.25) is 9.69 Å². The van der Waals surface area contributed by atoms with Crippen molar-refractivity contribution in [1.29, 1.82) is 0 Å². The summed E-state index contributed by atoms with van der Waals surface area (Å²) in [6.07, 6.45) is 2.17. The predicted molar refractivity (Wildman–Crippen MR) is 81.7 cm³/mol. The molecule has 1 aromatic carbocycles. The van der Waals surface area contributed by atoms with Crippen LogP contribution >= 0.6 is 0 Å². The van der Waals surface area contributed by atoms with E-state index in [0.717, 1.165) is 32.0 Å². The topological polar surface area (TPSA) is 49.6 Å². The lowest BCUT2D eigenvalue weighted by atomic mass is 9.75. The van der Waals surface area contributed by atoms with Crippen LogP contribution in [0.2, 0.25) is 0 Å². The fraction of sp³-hybridized carbons (Fsp3) is 0.588. The van der Waals surface area contributed by atoms with Crippen molar-refractivity contribution < 1.29 is 13.6 Å². The van der Waals surface area contributed by atoms with Gasteiger partial charge < -0.3 is 10.6 Å². The van der Waals surface area contributed by atoms with Gasteiger partial charge in [-0.05, 0) is 49.5 Å². The summed E-state index contributed by atoms with van der Waals surface area (Å²) in [5, 5.41) is 0. The molecule has 0 saturated carbocycles. The van der Waals surface area contributed by atoms with Crippen molar-refractivity contribution in [1.82, 2.24) is 9.80 Å². The molecule has 4 heterocycles. The van der Waals surface area contributed by atoms with Gasteiger partial charge in [0, 0.05) is 24.6 Å². The highest BCUT2D eigenvalue weighted by Crippen LogP contribution is 2.46. The molecule has 6 heteroatoms. The maximum Gasteiger partial charge on any atom is 0.236 e. The Morgan fingerprint density at radius 3 is 2.39 bits per heavy atom. The van der Waals surface area contributed by atoms with E-state index < -0.39 is 11.6 Å². The number of nitrogens with zero attached hydrogens (tertiary/aromatic N) is 2. The Hall–Kier alpha value is -1.53. The number of benzene rings is 1. The second-order valence-corrected chi connectivity index (χ2v) is 6.91. The zero-order valence-corrected chi connectivity index (χ0v) is 12.9. The number of halogens is 2. The first-order chi connectivity index (χ1) is 11.1. The molecule has 2 bridgehead atoms. The van der Waals surface area contributed by atoms with Crippen LogP contribution in [0.3, 0.4) is 0 Å². The standard InChI is InChI=1S/C17H21F2N3O/c18-12-5-11(6-13(19)7-12)14-9-22(15(23)8-20)16-10-1-3-21(4-2-10)17(14)16/h5-7,10,14,16-17H,1-4,8-9,20H2/t14-,16+,17+/m1/s1. The van der Waals surface area contributed by atoms with Crippen LogP contribution in [0.5, 0.6) is 0 Å². The lowest BCUT2D eigenvalue weighted by Crippen LogP contribution is -2.61. The van der Waals surface area contributed by atoms with E-state index in [0.29, 0.717) is 18.0 Å². The average molecular weight is 321 g/mol. The van der Waals surface area contributed by atoms with Crippen LogP contribution in [0.25, 0.3) is 0 Å². The largest absolute Gasteiger partial charge is 0.336 e. The SMILES string of the molecule is NCC(=O)N1C[C@H](c2cc(F)cc(F)c2)[C@H]2[C@@H]1C1CCN2CC1. The Labute approximate surface area is 134 Å². The number of carbonyl (C=O) groups is 1. The Kier molecular flexibility index (Phi) is 3.61. The number of piperidine rings is 3. The second kappa shape index (κ2) is 5.53. The molecule has 4 aliphatic heterocycles. The Bertz CT molecular complexity index is 610. The number of hydrogen-bond donors (Lipinski definition) is 1. The van der Waals surface area contributed by atoms with Gasteiger partial charge in [-0.1, -0.05) is 0 Å². The average Bonchev–Trinajstić information content (AvgIpc) is 2.97. The molecule has 5 rings (SSSR count). The normalized spacial score (nSPS) is 35.4. The highest BCUT2D eigenvalue weighted by Gasteiger charge is 2.54. The maximum atomic E-state index is 13.7. The highest BCUT2D eigenvalue weighted by atomic mass is 19.1. The summed E-state index contributed by atoms with van der Waals surface area (Å²) >= 11 is 0. The lowest BCUT2D eigenvalue weighted by Gasteiger charge is -2.51. The summed E-state index contributed by atoms with van der Waals surface area (Å²) in [6.45, 7) is 2.50. The number of likely N-dealkylation sites (tertiary alicyclic amines) is 1. The van der Waals surface area contributed by atoms with Crippen molar-refractivity contribution >= 4 is 5.91 Å². The molecule has 0 aliphatic carbocycles. The monoisotopic (exact) mass is 321 g/mol. The van der Waals surface area contributed by atoms with Crippen LogP contribution in [0.15, 0.2) is 18.2 Å². The van der Waals surface area contributed by atoms with Gasteiger partial charge in [0.05, 0.1) is 12.6 Å². The predicted octanol–water partition coefficient (Wildman–Crippen LogP) is 1.31. The molecule has 0 spiro atoms. The van der Waals surface area contributed by atoms with E-state index in [4.69, 9.17) is 5.73 Å². The van der Waals surface area contributed by atoms with Gasteiger partial charge >= 0.3 is 0 Å². The van der Waals surface area contributed by atoms with Gasteiger partial charge in [0.15, 0.2) is 0 Å². The van der Waals surface area contributed by atoms with E-state index in [1.54, 1.807) is 0 Å². The van der Waals surface area contributed by atoms with E-state index in [2.05, 4.69) is 4.90 Å². The van der Waals surface area contributed by atoms with Crippen LogP contribution in [0, 0.1) is 17.6 Å². The van der Waals surface area contributed by atoms with Crippen LogP contribution in [-0.4, -0.2) is 54.0 Å². The smallest absolute Gasteiger partial charge is 0.236 e. The highest BCUT2D eigenvalue weighted by molar-refractivity contribution is 5.79. The third-order valence-electron chi connectivity index (χ3n) is 5.80. The van der Waals surface area contributed by atoms with Crippen molar-refractivity contribution in [2.75, 3.05) is 26.2 Å². The molecule has 1 aromatic rings. The molecular formula is C17H21F2N3O. The van der Waals surface area contributed by atoms with Crippen molar-refractivity contribution in [2.24, 2.45) is 11.7 Å². The van der Waals surface area contributed by atoms with E-state index in [-0.39, 0.29) is 30.5 Å². The van der Waals surface area contributed by atoms with Crippen molar-refractivity contribution in [3.63, 3.8) is 0 Å². The number of amides is 1. The molecule has 4 fully saturated rings. The van der Waals surface area contributed by atoms with Gasteiger partial charge in [0.1, 0.15) is 11.6 Å². The number of hydrogen-bond acceptors (Lipinski definition) is 3. The minimum Gasteiger partial charge on any atom is -0.336 e. The minimum atomic E-state index is -0.559. The summed E-state index contributed by atoms with van der Waals surface area (Å²) < 4.78 is 27.3. The Morgan fingerprint density at radius 1 is 1.13 bits per heavy atom. The van der Waals surface area contributed by atoms with E-state index in [9.17, 15) is 13.6 Å². The van der Waals surface area contributed by atoms with Gasteiger partial charge in [-0.2, -0.15) is 0 Å². The molecule has 0 aromatic heterocycles. The zero-order valence-electron chi connectivity index (χ0n) is 12.9. The lowest BCUT2D eigenvalue weighted by molar-refractivity contribution is -0.134. The Balaban J connectivity index is 1.74. The van der Waals surface area contributed by atoms with Crippen molar-refractivity contribution in [3.05, 3.63) is 35.4 Å². The minimum absolute atomic E-state index is 0.0137. The third-order valence-corrected chi connectivity index (χ3v) is 5.80. The van der Waals surface area contributed by atoms with Crippen molar-refractivity contribution in [3.8, 4) is 0 Å². The molecular weight excluding hydrogens is 300 g/mol. The summed E-state index contributed by atoms with van der Waals surface area (Å²) in [5.74, 6) is -0.756. The molecule has 0 unspecified atom stereocenters. The van der Waals surface area contributed by atoms with Crippen LogP contribution in [0.4, 0.5) is 8.78 Å². The van der Waals surface area contributed by atoms with Crippen LogP contribution in [-0.2, 0) is 4.79 Å². The third kappa shape index (κ3) is 2.35. The molecule has 124 valence electrons. The first kappa shape index (κ1) is 15.0. The molecule has 0 radical (unpaired) electrons. The number of nitrogens with two attached hydrogens (primary N) is 1. The molecule has 3 atom stereocenters. The molecule has 4 nitrogen and oxygen atoms in total. The zero-order chi connectivity index (χ0) is 16.1. The van der Waals surface area contributed by atoms with Gasteiger partial charge in [-0.15, -0.1) is 0 Å². The van der Waals surface area contributed by atoms with E-state index in [1.807, 2.05) is 4.90 Å². The number of carbonyl (C=O) groups excluding carboxylic acids is 1. The van der Waals surface area contributed by atoms with Gasteiger partial charge in [0.2, 0.25) is 5.91 Å². The number of rotatable bonds is 2. The van der Waals surface area contributed by atoms with Crippen LogP contribution < -0.4 is 5.73 Å². The molecule has 2 N–H and O–H groups in total. The first-order valence-electron chi connectivity index (χ1n) is 8.28. The van der Waals surface area contributed by atoms with Gasteiger partial charge in [0.25, 0.3) is 0 Å². The maximum absolute atomic E-state index is 13.7. The summed E-state index contributed by atoms with van der Waals surface area (Å²) in [6, 6.07) is 3.99. The fourth-order valence-electron chi connectivity index (χ4n) is 4.90. The van der Waals surface area contributed by atoms with E-state index in [1.165, 1.54) is 12.1 Å². The van der Waals surface area contributed by atoms with E-state index >= 15 is 0 Å². The number of fused-ring (bicyclic) bond motifs is 2. The van der Waals surface area contributed by atoms with Crippen LogP contribution in [0.1, 0.15) is 24.3 Å². The second-order valence-electron chi connectivity index (χ2n) is 6.91.